The third kappa shape index (κ3) is 3.65. The molecule has 0 atom stereocenters. The lowest BCUT2D eigenvalue weighted by Gasteiger charge is -2.17. The maximum absolute atomic E-state index is 12.7. The van der Waals surface area contributed by atoms with Crippen molar-refractivity contribution in [2.75, 3.05) is 0 Å². The van der Waals surface area contributed by atoms with Gasteiger partial charge in [0.15, 0.2) is 0 Å². The summed E-state index contributed by atoms with van der Waals surface area (Å²) in [5.41, 5.74) is 2.84. The second-order valence-electron chi connectivity index (χ2n) is 6.90. The first kappa shape index (κ1) is 17.1. The second-order valence-corrected chi connectivity index (χ2v) is 9.02. The van der Waals surface area contributed by atoms with Crippen LogP contribution in [0.1, 0.15) is 32.3 Å². The van der Waals surface area contributed by atoms with Crippen LogP contribution in [0.3, 0.4) is 0 Å². The zero-order valence-electron chi connectivity index (χ0n) is 13.7. The number of nitrogens with one attached hydrogen (secondary N) is 1. The van der Waals surface area contributed by atoms with E-state index in [0.29, 0.717) is 11.4 Å². The largest absolute Gasteiger partial charge is 0.283 e. The third-order valence-electron chi connectivity index (χ3n) is 4.18. The van der Waals surface area contributed by atoms with Gasteiger partial charge in [-0.2, -0.15) is 0 Å². The molecule has 3 nitrogen and oxygen atoms in total. The fraction of sp³-hybridized carbons (Fsp3) is 0.263. The molecule has 0 unspecified atom stereocenters. The van der Waals surface area contributed by atoms with E-state index in [2.05, 4.69) is 18.6 Å². The van der Waals surface area contributed by atoms with Gasteiger partial charge in [0.25, 0.3) is 10.0 Å². The minimum Gasteiger partial charge on any atom is -0.283 e. The Kier molecular flexibility index (Phi) is 4.45. The molecule has 0 amide bonds. The van der Waals surface area contributed by atoms with Gasteiger partial charge >= 0.3 is 0 Å². The summed E-state index contributed by atoms with van der Waals surface area (Å²) in [5, 5.41) is 0.669. The molecule has 1 aliphatic carbocycles. The highest BCUT2D eigenvalue weighted by atomic mass is 35.5. The van der Waals surface area contributed by atoms with Crippen molar-refractivity contribution in [1.29, 1.82) is 0 Å². The van der Waals surface area contributed by atoms with Crippen molar-refractivity contribution in [3.8, 4) is 0 Å². The first-order valence-electron chi connectivity index (χ1n) is 7.83. The lowest BCUT2D eigenvalue weighted by atomic mass is 9.88. The van der Waals surface area contributed by atoms with Gasteiger partial charge in [0.1, 0.15) is 0 Å². The Bertz CT molecular complexity index is 869. The molecule has 2 aromatic rings. The normalized spacial score (nSPS) is 17.1. The minimum atomic E-state index is -3.58. The van der Waals surface area contributed by atoms with Crippen molar-refractivity contribution in [1.82, 2.24) is 4.72 Å². The molecule has 1 aliphatic rings. The molecule has 0 spiro atoms. The summed E-state index contributed by atoms with van der Waals surface area (Å²) in [7, 11) is -3.58. The van der Waals surface area contributed by atoms with Gasteiger partial charge in [0.05, 0.1) is 4.90 Å². The van der Waals surface area contributed by atoms with E-state index < -0.39 is 10.0 Å². The standard InChI is InChI=1S/C19H20ClNO2S/c1-19(2)12-17(14-8-10-15(20)11-9-14)18(13-19)21-24(22,23)16-6-4-3-5-7-16/h3-11,21H,12-13H2,1-2H3. The average molecular weight is 362 g/mol. The monoisotopic (exact) mass is 361 g/mol. The minimum absolute atomic E-state index is 0.0174. The van der Waals surface area contributed by atoms with Crippen molar-refractivity contribution in [3.05, 3.63) is 70.9 Å². The van der Waals surface area contributed by atoms with Gasteiger partial charge in [-0.25, -0.2) is 8.42 Å². The topological polar surface area (TPSA) is 46.2 Å². The van der Waals surface area contributed by atoms with Crippen molar-refractivity contribution in [2.24, 2.45) is 5.41 Å². The van der Waals surface area contributed by atoms with Gasteiger partial charge in [0.2, 0.25) is 0 Å². The number of hydrogen-bond acceptors (Lipinski definition) is 2. The van der Waals surface area contributed by atoms with Crippen LogP contribution in [0.5, 0.6) is 0 Å². The number of halogens is 1. The van der Waals surface area contributed by atoms with Crippen molar-refractivity contribution < 1.29 is 8.42 Å². The van der Waals surface area contributed by atoms with Crippen LogP contribution in [0, 0.1) is 5.41 Å². The molecule has 5 heteroatoms. The molecular weight excluding hydrogens is 342 g/mol. The average Bonchev–Trinajstić information content (AvgIpc) is 2.83. The van der Waals surface area contributed by atoms with Gasteiger partial charge in [-0.1, -0.05) is 55.8 Å². The van der Waals surface area contributed by atoms with E-state index in [9.17, 15) is 8.42 Å². The molecule has 2 aromatic carbocycles. The molecule has 126 valence electrons. The van der Waals surface area contributed by atoms with E-state index >= 15 is 0 Å². The highest BCUT2D eigenvalue weighted by Gasteiger charge is 2.33. The van der Waals surface area contributed by atoms with Crippen LogP contribution in [-0.4, -0.2) is 8.42 Å². The van der Waals surface area contributed by atoms with E-state index in [-0.39, 0.29) is 10.3 Å². The summed E-state index contributed by atoms with van der Waals surface area (Å²) >= 11 is 5.97. The highest BCUT2D eigenvalue weighted by Crippen LogP contribution is 2.45. The molecule has 0 bridgehead atoms. The van der Waals surface area contributed by atoms with Crippen LogP contribution in [0.15, 0.2) is 65.2 Å². The zero-order valence-corrected chi connectivity index (χ0v) is 15.3. The fourth-order valence-corrected chi connectivity index (χ4v) is 4.36. The van der Waals surface area contributed by atoms with E-state index in [4.69, 9.17) is 11.6 Å². The molecule has 3 rings (SSSR count). The number of hydrogen-bond donors (Lipinski definition) is 1. The maximum Gasteiger partial charge on any atom is 0.261 e. The van der Waals surface area contributed by atoms with Crippen LogP contribution in [0.2, 0.25) is 5.02 Å². The molecule has 24 heavy (non-hydrogen) atoms. The molecule has 0 aromatic heterocycles. The van der Waals surface area contributed by atoms with Gasteiger partial charge in [0, 0.05) is 10.7 Å². The Balaban J connectivity index is 1.99. The lowest BCUT2D eigenvalue weighted by Crippen LogP contribution is -2.24. The maximum atomic E-state index is 12.7. The molecule has 0 saturated carbocycles. The Labute approximate surface area is 148 Å². The van der Waals surface area contributed by atoms with Crippen LogP contribution in [0.4, 0.5) is 0 Å². The Morgan fingerprint density at radius 3 is 2.21 bits per heavy atom. The third-order valence-corrected chi connectivity index (χ3v) is 5.84. The predicted molar refractivity (Wildman–Crippen MR) is 98.2 cm³/mol. The molecule has 0 saturated heterocycles. The first-order valence-corrected chi connectivity index (χ1v) is 9.69. The number of rotatable bonds is 4. The Morgan fingerprint density at radius 2 is 1.58 bits per heavy atom. The molecular formula is C19H20ClNO2S. The molecule has 0 fully saturated rings. The SMILES string of the molecule is CC1(C)CC(NS(=O)(=O)c2ccccc2)=C(c2ccc(Cl)cc2)C1. The number of benzene rings is 2. The number of allylic oxidation sites excluding steroid dienone is 2. The summed E-state index contributed by atoms with van der Waals surface area (Å²) in [5.74, 6) is 0. The zero-order chi connectivity index (χ0) is 17.4. The highest BCUT2D eigenvalue weighted by molar-refractivity contribution is 7.89. The summed E-state index contributed by atoms with van der Waals surface area (Å²) < 4.78 is 28.1. The van der Waals surface area contributed by atoms with Crippen LogP contribution < -0.4 is 4.72 Å². The van der Waals surface area contributed by atoms with Gasteiger partial charge in [-0.05, 0) is 53.7 Å². The predicted octanol–water partition coefficient (Wildman–Crippen LogP) is 4.85. The summed E-state index contributed by atoms with van der Waals surface area (Å²) in [6.07, 6.45) is 1.51. The molecule has 0 radical (unpaired) electrons. The van der Waals surface area contributed by atoms with E-state index in [1.165, 1.54) is 0 Å². The van der Waals surface area contributed by atoms with Crippen molar-refractivity contribution >= 4 is 27.2 Å². The smallest absolute Gasteiger partial charge is 0.261 e. The van der Waals surface area contributed by atoms with Crippen molar-refractivity contribution in [3.63, 3.8) is 0 Å². The van der Waals surface area contributed by atoms with E-state index in [0.717, 1.165) is 23.3 Å². The fourth-order valence-electron chi connectivity index (χ4n) is 3.08. The quantitative estimate of drug-likeness (QED) is 0.846. The van der Waals surface area contributed by atoms with E-state index in [1.807, 2.05) is 24.3 Å². The van der Waals surface area contributed by atoms with E-state index in [1.54, 1.807) is 30.3 Å². The first-order chi connectivity index (χ1) is 11.3. The molecule has 1 N–H and O–H groups in total. The Hall–Kier alpha value is -1.78. The van der Waals surface area contributed by atoms with Crippen LogP contribution in [-0.2, 0) is 10.0 Å². The van der Waals surface area contributed by atoms with Gasteiger partial charge < -0.3 is 0 Å². The summed E-state index contributed by atoms with van der Waals surface area (Å²) in [6, 6.07) is 16.0. The molecule has 0 heterocycles. The van der Waals surface area contributed by atoms with Gasteiger partial charge in [-0.3, -0.25) is 4.72 Å². The van der Waals surface area contributed by atoms with Crippen LogP contribution >= 0.6 is 11.6 Å². The molecule has 0 aliphatic heterocycles. The van der Waals surface area contributed by atoms with Crippen LogP contribution in [0.25, 0.3) is 5.57 Å². The van der Waals surface area contributed by atoms with Crippen molar-refractivity contribution in [2.45, 2.75) is 31.6 Å². The summed E-state index contributed by atoms with van der Waals surface area (Å²) in [6.45, 7) is 4.29. The Morgan fingerprint density at radius 1 is 0.958 bits per heavy atom. The second kappa shape index (κ2) is 6.26. The summed E-state index contributed by atoms with van der Waals surface area (Å²) in [4.78, 5) is 0.276. The lowest BCUT2D eigenvalue weighted by molar-refractivity contribution is 0.394. The van der Waals surface area contributed by atoms with Gasteiger partial charge in [-0.15, -0.1) is 0 Å². The number of sulfonamides is 1.